The van der Waals surface area contributed by atoms with Crippen molar-refractivity contribution in [3.05, 3.63) is 0 Å². The second kappa shape index (κ2) is 6.12. The van der Waals surface area contributed by atoms with Gasteiger partial charge in [0.1, 0.15) is 0 Å². The summed E-state index contributed by atoms with van der Waals surface area (Å²) in [4.78, 5) is 11.8. The van der Waals surface area contributed by atoms with Gasteiger partial charge in [-0.3, -0.25) is 0 Å². The number of amides is 1. The summed E-state index contributed by atoms with van der Waals surface area (Å²) in [5.74, 6) is 2.73. The molecular formula is C8H12INO2. The van der Waals surface area contributed by atoms with Crippen LogP contribution in [-0.2, 0) is 0 Å². The van der Waals surface area contributed by atoms with Crippen molar-refractivity contribution in [3.8, 4) is 12.0 Å². The molecule has 0 aliphatic rings. The highest BCUT2D eigenvalue weighted by molar-refractivity contribution is 14.1. The van der Waals surface area contributed by atoms with E-state index in [1.165, 1.54) is 0 Å². The molecule has 0 bridgehead atoms. The average Bonchev–Trinajstić information content (AvgIpc) is 2.04. The highest BCUT2D eigenvalue weighted by atomic mass is 127. The predicted molar refractivity (Wildman–Crippen MR) is 56.3 cm³/mol. The second-order valence-corrected chi connectivity index (χ2v) is 3.09. The van der Waals surface area contributed by atoms with E-state index in [0.29, 0.717) is 4.43 Å². The standard InChI is InChI=1S/C8H12INO2/c1-3-7(2)10(8(11)12)6-4-5-9/h7H,3,5H2,1-2H3,(H,11,12). The molecule has 1 atom stereocenters. The first-order valence-corrected chi connectivity index (χ1v) is 5.22. The van der Waals surface area contributed by atoms with Gasteiger partial charge in [-0.15, -0.1) is 0 Å². The van der Waals surface area contributed by atoms with Gasteiger partial charge in [-0.25, -0.2) is 9.69 Å². The normalized spacial score (nSPS) is 11.2. The first-order valence-electron chi connectivity index (χ1n) is 3.70. The Morgan fingerprint density at radius 1 is 1.75 bits per heavy atom. The highest BCUT2D eigenvalue weighted by Gasteiger charge is 2.14. The Bertz CT molecular complexity index is 207. The summed E-state index contributed by atoms with van der Waals surface area (Å²) in [5, 5.41) is 8.72. The third kappa shape index (κ3) is 3.81. The monoisotopic (exact) mass is 281 g/mol. The van der Waals surface area contributed by atoms with E-state index in [9.17, 15) is 4.79 Å². The van der Waals surface area contributed by atoms with Crippen LogP contribution in [0.1, 0.15) is 20.3 Å². The topological polar surface area (TPSA) is 40.5 Å². The molecule has 0 heterocycles. The fourth-order valence-electron chi connectivity index (χ4n) is 0.644. The van der Waals surface area contributed by atoms with E-state index in [1.54, 1.807) is 0 Å². The Labute approximate surface area is 86.3 Å². The molecule has 4 heteroatoms. The van der Waals surface area contributed by atoms with E-state index in [2.05, 4.69) is 34.6 Å². The molecule has 1 N–H and O–H groups in total. The van der Waals surface area contributed by atoms with Crippen molar-refractivity contribution in [2.24, 2.45) is 0 Å². The molecule has 0 spiro atoms. The van der Waals surface area contributed by atoms with Crippen LogP contribution in [0.4, 0.5) is 4.79 Å². The molecule has 0 saturated heterocycles. The Balaban J connectivity index is 4.33. The molecule has 0 aromatic rings. The lowest BCUT2D eigenvalue weighted by molar-refractivity contribution is 0.154. The third-order valence-electron chi connectivity index (χ3n) is 1.50. The third-order valence-corrected chi connectivity index (χ3v) is 1.89. The fourth-order valence-corrected chi connectivity index (χ4v) is 0.815. The number of carboxylic acid groups (broad SMARTS) is 1. The number of hydrogen-bond acceptors (Lipinski definition) is 1. The van der Waals surface area contributed by atoms with Crippen LogP contribution in [0.2, 0.25) is 0 Å². The van der Waals surface area contributed by atoms with E-state index < -0.39 is 6.09 Å². The summed E-state index contributed by atoms with van der Waals surface area (Å²) in [6, 6.07) is 2.57. The summed E-state index contributed by atoms with van der Waals surface area (Å²) in [6.07, 6.45) is -0.191. The van der Waals surface area contributed by atoms with Crippen molar-refractivity contribution in [2.75, 3.05) is 4.43 Å². The largest absolute Gasteiger partial charge is 0.464 e. The second-order valence-electron chi connectivity index (χ2n) is 2.33. The van der Waals surface area contributed by atoms with Gasteiger partial charge in [-0.1, -0.05) is 35.4 Å². The summed E-state index contributed by atoms with van der Waals surface area (Å²) in [5.41, 5.74) is 0. The molecule has 0 aromatic carbocycles. The van der Waals surface area contributed by atoms with Crippen LogP contribution < -0.4 is 0 Å². The molecule has 0 saturated carbocycles. The van der Waals surface area contributed by atoms with Crippen LogP contribution in [0.25, 0.3) is 0 Å². The van der Waals surface area contributed by atoms with E-state index in [1.807, 2.05) is 13.8 Å². The van der Waals surface area contributed by atoms with Crippen molar-refractivity contribution in [2.45, 2.75) is 26.3 Å². The van der Waals surface area contributed by atoms with Gasteiger partial charge in [0.05, 0.1) is 4.43 Å². The molecule has 3 nitrogen and oxygen atoms in total. The van der Waals surface area contributed by atoms with Gasteiger partial charge in [0.25, 0.3) is 0 Å². The van der Waals surface area contributed by atoms with Crippen LogP contribution in [-0.4, -0.2) is 26.6 Å². The van der Waals surface area contributed by atoms with E-state index in [0.717, 1.165) is 11.3 Å². The SMILES string of the molecule is CCC(C)N(C#CCI)C(=O)O. The van der Waals surface area contributed by atoms with Crippen molar-refractivity contribution in [1.29, 1.82) is 0 Å². The Morgan fingerprint density at radius 3 is 2.67 bits per heavy atom. The van der Waals surface area contributed by atoms with E-state index in [-0.39, 0.29) is 6.04 Å². The van der Waals surface area contributed by atoms with Crippen molar-refractivity contribution >= 4 is 28.7 Å². The minimum Gasteiger partial charge on any atom is -0.464 e. The molecule has 0 radical (unpaired) electrons. The number of rotatable bonds is 2. The van der Waals surface area contributed by atoms with Crippen LogP contribution in [0.5, 0.6) is 0 Å². The van der Waals surface area contributed by atoms with Crippen molar-refractivity contribution in [3.63, 3.8) is 0 Å². The molecule has 1 unspecified atom stereocenters. The minimum absolute atomic E-state index is 0.0297. The van der Waals surface area contributed by atoms with Gasteiger partial charge in [0, 0.05) is 12.1 Å². The maximum absolute atomic E-state index is 10.6. The summed E-state index contributed by atoms with van der Waals surface area (Å²) in [6.45, 7) is 3.78. The summed E-state index contributed by atoms with van der Waals surface area (Å²) in [7, 11) is 0. The predicted octanol–water partition coefficient (Wildman–Crippen LogP) is 2.16. The zero-order valence-electron chi connectivity index (χ0n) is 7.17. The maximum Gasteiger partial charge on any atom is 0.419 e. The van der Waals surface area contributed by atoms with Crippen LogP contribution in [0.3, 0.4) is 0 Å². The fraction of sp³-hybridized carbons (Fsp3) is 0.625. The van der Waals surface area contributed by atoms with E-state index in [4.69, 9.17) is 5.11 Å². The molecule has 0 rings (SSSR count). The lowest BCUT2D eigenvalue weighted by Gasteiger charge is -2.17. The molecule has 0 aromatic heterocycles. The zero-order valence-corrected chi connectivity index (χ0v) is 9.33. The quantitative estimate of drug-likeness (QED) is 0.365. The van der Waals surface area contributed by atoms with Crippen LogP contribution >= 0.6 is 22.6 Å². The van der Waals surface area contributed by atoms with Gasteiger partial charge in [0.15, 0.2) is 0 Å². The highest BCUT2D eigenvalue weighted by Crippen LogP contribution is 2.01. The number of halogens is 1. The first kappa shape index (κ1) is 11.6. The number of carbonyl (C=O) groups is 1. The molecule has 68 valence electrons. The average molecular weight is 281 g/mol. The van der Waals surface area contributed by atoms with Gasteiger partial charge in [-0.05, 0) is 13.3 Å². The number of nitrogens with zero attached hydrogens (tertiary/aromatic N) is 1. The van der Waals surface area contributed by atoms with Gasteiger partial charge in [-0.2, -0.15) is 0 Å². The molecule has 0 aliphatic carbocycles. The van der Waals surface area contributed by atoms with Crippen molar-refractivity contribution in [1.82, 2.24) is 4.90 Å². The van der Waals surface area contributed by atoms with Crippen LogP contribution in [0.15, 0.2) is 0 Å². The molecule has 1 amide bonds. The summed E-state index contributed by atoms with van der Waals surface area (Å²) >= 11 is 2.09. The lowest BCUT2D eigenvalue weighted by atomic mass is 10.2. The molecule has 0 fully saturated rings. The number of hydrogen-bond donors (Lipinski definition) is 1. The van der Waals surface area contributed by atoms with Crippen molar-refractivity contribution < 1.29 is 9.90 Å². The Hall–Kier alpha value is -0.440. The summed E-state index contributed by atoms with van der Waals surface area (Å²) < 4.78 is 0.651. The van der Waals surface area contributed by atoms with Gasteiger partial charge < -0.3 is 5.11 Å². The first-order chi connectivity index (χ1) is 5.63. The Kier molecular flexibility index (Phi) is 5.89. The van der Waals surface area contributed by atoms with Gasteiger partial charge >= 0.3 is 6.09 Å². The zero-order chi connectivity index (χ0) is 9.56. The minimum atomic E-state index is -0.971. The molecule has 0 aliphatic heterocycles. The molecule has 12 heavy (non-hydrogen) atoms. The smallest absolute Gasteiger partial charge is 0.419 e. The maximum atomic E-state index is 10.6. The van der Waals surface area contributed by atoms with Crippen LogP contribution in [0, 0.1) is 12.0 Å². The lowest BCUT2D eigenvalue weighted by Crippen LogP contribution is -2.32. The Morgan fingerprint density at radius 2 is 2.33 bits per heavy atom. The van der Waals surface area contributed by atoms with Gasteiger partial charge in [0.2, 0.25) is 0 Å². The number of alkyl halides is 1. The van der Waals surface area contributed by atoms with E-state index >= 15 is 0 Å². The molecular weight excluding hydrogens is 269 g/mol.